The quantitative estimate of drug-likeness (QED) is 0.0380. The molecule has 1 atom stereocenters. The average molecular weight is 740 g/mol. The van der Waals surface area contributed by atoms with Crippen molar-refractivity contribution < 1.29 is 32.5 Å². The van der Waals surface area contributed by atoms with Crippen molar-refractivity contribution in [1.82, 2.24) is 0 Å². The summed E-state index contributed by atoms with van der Waals surface area (Å²) < 4.78 is 37.2. The number of hydrogen-bond acceptors (Lipinski definition) is 6. The van der Waals surface area contributed by atoms with Gasteiger partial charge in [0.05, 0.1) is 19.8 Å². The number of rotatable bonds is 39. The lowest BCUT2D eigenvalue weighted by atomic mass is 9.94. The summed E-state index contributed by atoms with van der Waals surface area (Å²) in [5.41, 5.74) is -0.600. The predicted octanol–water partition coefficient (Wildman–Crippen LogP) is 12.4. The zero-order valence-corrected chi connectivity index (χ0v) is 34.9. The maximum atomic E-state index is 12.7. The Bertz CT molecular complexity index is 911. The van der Waals surface area contributed by atoms with Gasteiger partial charge in [0, 0.05) is 24.7 Å². The molecule has 7 nitrogen and oxygen atoms in total. The van der Waals surface area contributed by atoms with E-state index >= 15 is 0 Å². The highest BCUT2D eigenvalue weighted by molar-refractivity contribution is 7.46. The first-order chi connectivity index (χ1) is 24.8. The monoisotopic (exact) mass is 740 g/mol. The highest BCUT2D eigenvalue weighted by Gasteiger charge is 2.29. The van der Waals surface area contributed by atoms with Gasteiger partial charge >= 0.3 is 7.82 Å². The molecule has 0 aliphatic carbocycles. The van der Waals surface area contributed by atoms with Crippen molar-refractivity contribution >= 4 is 7.82 Å². The third-order valence-corrected chi connectivity index (χ3v) is 10.8. The van der Waals surface area contributed by atoms with Gasteiger partial charge < -0.3 is 23.4 Å². The van der Waals surface area contributed by atoms with Gasteiger partial charge in [-0.05, 0) is 18.9 Å². The summed E-state index contributed by atoms with van der Waals surface area (Å²) in [6.07, 6.45) is 40.5. The Kier molecular flexibility index (Phi) is 31.6. The molecule has 0 aliphatic rings. The topological polar surface area (TPSA) is 80.9 Å². The van der Waals surface area contributed by atoms with Crippen LogP contribution in [0.2, 0.25) is 0 Å². The van der Waals surface area contributed by atoms with Gasteiger partial charge in [-0.1, -0.05) is 188 Å². The van der Waals surface area contributed by atoms with Crippen LogP contribution in [0.5, 0.6) is 5.75 Å². The highest BCUT2D eigenvalue weighted by atomic mass is 31.2. The van der Waals surface area contributed by atoms with Crippen LogP contribution in [0.4, 0.5) is 0 Å². The van der Waals surface area contributed by atoms with E-state index in [9.17, 15) is 9.46 Å². The number of unbranched alkanes of at least 4 members (excludes halogenated alkanes) is 26. The Hall–Kier alpha value is -0.980. The number of phosphoric ester groups is 1. The van der Waals surface area contributed by atoms with Crippen LogP contribution in [-0.2, 0) is 25.6 Å². The van der Waals surface area contributed by atoms with Gasteiger partial charge in [0.15, 0.2) is 11.9 Å². The first-order valence-corrected chi connectivity index (χ1v) is 23.0. The molecule has 0 saturated heterocycles. The van der Waals surface area contributed by atoms with Gasteiger partial charge in [0.2, 0.25) is 6.20 Å². The maximum absolute atomic E-state index is 12.7. The van der Waals surface area contributed by atoms with Crippen LogP contribution in [0.25, 0.3) is 0 Å². The number of pyridine rings is 1. The first-order valence-electron chi connectivity index (χ1n) is 21.6. The Balaban J connectivity index is 2.27. The lowest BCUT2D eigenvalue weighted by Crippen LogP contribution is -2.35. The molecule has 0 amide bonds. The molecule has 1 aromatic rings. The molecule has 0 saturated carbocycles. The lowest BCUT2D eigenvalue weighted by molar-refractivity contribution is -0.671. The molecule has 1 unspecified atom stereocenters. The summed E-state index contributed by atoms with van der Waals surface area (Å²) in [6.45, 7) is 8.57. The lowest BCUT2D eigenvalue weighted by Gasteiger charge is -2.32. The minimum Gasteiger partial charge on any atom is -0.746 e. The zero-order valence-electron chi connectivity index (χ0n) is 34.0. The van der Waals surface area contributed by atoms with E-state index in [4.69, 9.17) is 18.5 Å². The van der Waals surface area contributed by atoms with Crippen LogP contribution in [0.3, 0.4) is 0 Å². The molecule has 0 bridgehead atoms. The van der Waals surface area contributed by atoms with Gasteiger partial charge in [-0.15, -0.1) is 0 Å². The largest absolute Gasteiger partial charge is 0.746 e. The molecule has 0 fully saturated rings. The van der Waals surface area contributed by atoms with Crippen LogP contribution in [0.1, 0.15) is 201 Å². The molecule has 51 heavy (non-hydrogen) atoms. The zero-order chi connectivity index (χ0) is 37.1. The summed E-state index contributed by atoms with van der Waals surface area (Å²) in [5.74, 6) is 0.225. The van der Waals surface area contributed by atoms with Gasteiger partial charge in [0.25, 0.3) is 0 Å². The van der Waals surface area contributed by atoms with Gasteiger partial charge in [0.1, 0.15) is 7.05 Å². The van der Waals surface area contributed by atoms with Gasteiger partial charge in [-0.3, -0.25) is 4.57 Å². The fraction of sp³-hybridized carbons (Fsp3) is 0.884. The molecule has 0 N–H and O–H groups in total. The summed E-state index contributed by atoms with van der Waals surface area (Å²) in [5, 5.41) is 0. The Labute approximate surface area is 316 Å². The molecule has 1 heterocycles. The number of ether oxygens (including phenoxy) is 2. The second-order valence-electron chi connectivity index (χ2n) is 15.6. The fourth-order valence-corrected chi connectivity index (χ4v) is 7.45. The summed E-state index contributed by atoms with van der Waals surface area (Å²) in [6, 6.07) is 3.34. The summed E-state index contributed by atoms with van der Waals surface area (Å²) in [4.78, 5) is 12.7. The van der Waals surface area contributed by atoms with E-state index in [0.717, 1.165) is 12.8 Å². The van der Waals surface area contributed by atoms with Crippen LogP contribution in [-0.4, -0.2) is 33.0 Å². The fourth-order valence-electron chi connectivity index (χ4n) is 6.56. The Morgan fingerprint density at radius 3 is 1.29 bits per heavy atom. The van der Waals surface area contributed by atoms with Crippen LogP contribution < -0.4 is 14.0 Å². The van der Waals surface area contributed by atoms with Gasteiger partial charge in [-0.2, -0.15) is 0 Å². The van der Waals surface area contributed by atoms with E-state index in [-0.39, 0.29) is 12.4 Å². The van der Waals surface area contributed by atoms with E-state index in [1.807, 2.05) is 20.2 Å². The minimum atomic E-state index is -4.56. The average Bonchev–Trinajstić information content (AvgIpc) is 3.10. The second-order valence-corrected chi connectivity index (χ2v) is 17.0. The van der Waals surface area contributed by atoms with Gasteiger partial charge in [-0.25, -0.2) is 4.57 Å². The van der Waals surface area contributed by atoms with Crippen molar-refractivity contribution in [3.63, 3.8) is 0 Å². The molecule has 0 spiro atoms. The molecule has 0 aromatic carbocycles. The van der Waals surface area contributed by atoms with E-state index in [1.54, 1.807) is 22.9 Å². The second kappa shape index (κ2) is 33.6. The Morgan fingerprint density at radius 1 is 0.588 bits per heavy atom. The van der Waals surface area contributed by atoms with Crippen molar-refractivity contribution in [2.24, 2.45) is 12.5 Å². The molecule has 1 aromatic heterocycles. The summed E-state index contributed by atoms with van der Waals surface area (Å²) in [7, 11) is -2.75. The number of aromatic nitrogens is 1. The highest BCUT2D eigenvalue weighted by Crippen LogP contribution is 2.41. The van der Waals surface area contributed by atoms with E-state index < -0.39 is 13.2 Å². The Morgan fingerprint density at radius 2 is 0.941 bits per heavy atom. The van der Waals surface area contributed by atoms with Crippen LogP contribution in [0, 0.1) is 5.41 Å². The third-order valence-electron chi connectivity index (χ3n) is 9.89. The van der Waals surface area contributed by atoms with Crippen molar-refractivity contribution in [3.8, 4) is 5.75 Å². The van der Waals surface area contributed by atoms with E-state index in [2.05, 4.69) is 13.8 Å². The standard InChI is InChI=1S/C43H82NO6P/c1-5-7-9-11-13-15-17-19-21-23-25-27-29-31-36-47-39-43(3,41-49-51(45,46)50-42-34-33-35-44(4)38-42)40-48-37-32-30-28-26-24-22-20-18-16-14-12-10-8-6-2/h33-35,38H,5-32,36-37,39-41H2,1-4H3. The summed E-state index contributed by atoms with van der Waals surface area (Å²) >= 11 is 0. The normalized spacial score (nSPS) is 13.1. The SMILES string of the molecule is CCCCCCCCCCCCCCCCOCC(C)(COCCCCCCCCCCCCCCCC)COP(=O)([O-])Oc1ccc[n+](C)c1. The smallest absolute Gasteiger partial charge is 0.319 e. The first kappa shape index (κ1) is 48.0. The maximum Gasteiger partial charge on any atom is 0.319 e. The van der Waals surface area contributed by atoms with Crippen LogP contribution >= 0.6 is 7.82 Å². The molecule has 300 valence electrons. The predicted molar refractivity (Wildman–Crippen MR) is 212 cm³/mol. The molecule has 0 radical (unpaired) electrons. The molecule has 8 heteroatoms. The molecule has 0 aliphatic heterocycles. The van der Waals surface area contributed by atoms with Crippen molar-refractivity contribution in [2.45, 2.75) is 201 Å². The number of aryl methyl sites for hydroxylation is 1. The third kappa shape index (κ3) is 31.1. The van der Waals surface area contributed by atoms with Crippen molar-refractivity contribution in [2.75, 3.05) is 33.0 Å². The van der Waals surface area contributed by atoms with E-state index in [0.29, 0.717) is 26.4 Å². The number of hydrogen-bond donors (Lipinski definition) is 0. The molecular formula is C43H82NO6P. The number of nitrogens with zero attached hydrogens (tertiary/aromatic N) is 1. The minimum absolute atomic E-state index is 0.0514. The van der Waals surface area contributed by atoms with Crippen molar-refractivity contribution in [1.29, 1.82) is 0 Å². The molecule has 1 rings (SSSR count). The molecular weight excluding hydrogens is 657 g/mol. The van der Waals surface area contributed by atoms with Crippen LogP contribution in [0.15, 0.2) is 24.5 Å². The van der Waals surface area contributed by atoms with E-state index in [1.165, 1.54) is 167 Å². The number of phosphoric acid groups is 1. The van der Waals surface area contributed by atoms with Crippen molar-refractivity contribution in [3.05, 3.63) is 24.5 Å².